The van der Waals surface area contributed by atoms with Crippen LogP contribution >= 0.6 is 0 Å². The summed E-state index contributed by atoms with van der Waals surface area (Å²) < 4.78 is 18.1. The maximum absolute atomic E-state index is 13.0. The molecule has 1 heterocycles. The molecule has 130 valence electrons. The van der Waals surface area contributed by atoms with Crippen molar-refractivity contribution in [1.29, 1.82) is 0 Å². The first-order valence-electron chi connectivity index (χ1n) is 8.02. The van der Waals surface area contributed by atoms with Gasteiger partial charge in [-0.15, -0.1) is 0 Å². The zero-order valence-electron chi connectivity index (χ0n) is 13.9. The maximum Gasteiger partial charge on any atom is 0.229 e. The molecule has 1 unspecified atom stereocenters. The standard InChI is InChI=1S/C19H19FN2O3/c1-25-17-4-2-3-16(10-17)21-19(24)14-9-18(23)22(12-14)11-13-5-7-15(20)8-6-13/h2-8,10,14H,9,11-12H2,1H3,(H,21,24). The van der Waals surface area contributed by atoms with E-state index in [4.69, 9.17) is 4.74 Å². The van der Waals surface area contributed by atoms with Gasteiger partial charge in [0.15, 0.2) is 0 Å². The Hall–Kier alpha value is -2.89. The lowest BCUT2D eigenvalue weighted by molar-refractivity contribution is -0.128. The van der Waals surface area contributed by atoms with Crippen molar-refractivity contribution in [2.24, 2.45) is 5.92 Å². The van der Waals surface area contributed by atoms with Gasteiger partial charge in [0.1, 0.15) is 11.6 Å². The number of methoxy groups -OCH3 is 1. The fourth-order valence-corrected chi connectivity index (χ4v) is 2.86. The van der Waals surface area contributed by atoms with Crippen LogP contribution in [0.15, 0.2) is 48.5 Å². The molecule has 25 heavy (non-hydrogen) atoms. The molecule has 6 heteroatoms. The second kappa shape index (κ2) is 7.34. The highest BCUT2D eigenvalue weighted by molar-refractivity contribution is 5.97. The van der Waals surface area contributed by atoms with Crippen LogP contribution in [-0.2, 0) is 16.1 Å². The molecule has 0 bridgehead atoms. The first-order valence-corrected chi connectivity index (χ1v) is 8.02. The number of halogens is 1. The minimum Gasteiger partial charge on any atom is -0.497 e. The van der Waals surface area contributed by atoms with Gasteiger partial charge < -0.3 is 15.0 Å². The van der Waals surface area contributed by atoms with E-state index in [1.807, 2.05) is 0 Å². The van der Waals surface area contributed by atoms with Gasteiger partial charge in [-0.1, -0.05) is 18.2 Å². The summed E-state index contributed by atoms with van der Waals surface area (Å²) in [5.74, 6) is -0.331. The fraction of sp³-hybridized carbons (Fsp3) is 0.263. The van der Waals surface area contributed by atoms with Gasteiger partial charge in [0.2, 0.25) is 11.8 Å². The smallest absolute Gasteiger partial charge is 0.229 e. The van der Waals surface area contributed by atoms with E-state index in [1.54, 1.807) is 48.4 Å². The molecular formula is C19H19FN2O3. The van der Waals surface area contributed by atoms with Crippen molar-refractivity contribution in [3.05, 3.63) is 59.9 Å². The Balaban J connectivity index is 1.61. The number of nitrogens with zero attached hydrogens (tertiary/aromatic N) is 1. The van der Waals surface area contributed by atoms with Crippen LogP contribution in [0.5, 0.6) is 5.75 Å². The Bertz CT molecular complexity index is 776. The summed E-state index contributed by atoms with van der Waals surface area (Å²) in [5.41, 5.74) is 1.47. The maximum atomic E-state index is 13.0. The summed E-state index contributed by atoms with van der Waals surface area (Å²) >= 11 is 0. The van der Waals surface area contributed by atoms with Gasteiger partial charge in [0.25, 0.3) is 0 Å². The second-order valence-corrected chi connectivity index (χ2v) is 6.02. The average Bonchev–Trinajstić information content (AvgIpc) is 2.98. The second-order valence-electron chi connectivity index (χ2n) is 6.02. The number of likely N-dealkylation sites (tertiary alicyclic amines) is 1. The van der Waals surface area contributed by atoms with Crippen LogP contribution in [-0.4, -0.2) is 30.4 Å². The third-order valence-corrected chi connectivity index (χ3v) is 4.21. The monoisotopic (exact) mass is 342 g/mol. The normalized spacial score (nSPS) is 16.8. The van der Waals surface area contributed by atoms with Crippen molar-refractivity contribution in [3.63, 3.8) is 0 Å². The Labute approximate surface area is 145 Å². The van der Waals surface area contributed by atoms with Crippen molar-refractivity contribution in [1.82, 2.24) is 4.90 Å². The van der Waals surface area contributed by atoms with Gasteiger partial charge in [-0.2, -0.15) is 0 Å². The molecule has 1 aliphatic heterocycles. The van der Waals surface area contributed by atoms with E-state index < -0.39 is 5.92 Å². The first-order chi connectivity index (χ1) is 12.0. The topological polar surface area (TPSA) is 58.6 Å². The molecule has 0 spiro atoms. The summed E-state index contributed by atoms with van der Waals surface area (Å²) in [7, 11) is 1.56. The fourth-order valence-electron chi connectivity index (χ4n) is 2.86. The number of benzene rings is 2. The molecular weight excluding hydrogens is 323 g/mol. The van der Waals surface area contributed by atoms with Crippen LogP contribution in [0.4, 0.5) is 10.1 Å². The van der Waals surface area contributed by atoms with Crippen molar-refractivity contribution < 1.29 is 18.7 Å². The minimum absolute atomic E-state index is 0.0740. The lowest BCUT2D eigenvalue weighted by atomic mass is 10.1. The van der Waals surface area contributed by atoms with E-state index in [9.17, 15) is 14.0 Å². The highest BCUT2D eigenvalue weighted by atomic mass is 19.1. The number of rotatable bonds is 5. The number of anilines is 1. The molecule has 1 aliphatic rings. The van der Waals surface area contributed by atoms with Gasteiger partial charge in [0.05, 0.1) is 13.0 Å². The highest BCUT2D eigenvalue weighted by Crippen LogP contribution is 2.23. The van der Waals surface area contributed by atoms with Crippen LogP contribution in [0.3, 0.4) is 0 Å². The number of nitrogens with one attached hydrogen (secondary N) is 1. The predicted molar refractivity (Wildman–Crippen MR) is 91.5 cm³/mol. The SMILES string of the molecule is COc1cccc(NC(=O)C2CC(=O)N(Cc3ccc(F)cc3)C2)c1. The van der Waals surface area contributed by atoms with Crippen LogP contribution in [0.1, 0.15) is 12.0 Å². The van der Waals surface area contributed by atoms with Crippen LogP contribution < -0.4 is 10.1 Å². The number of hydrogen-bond acceptors (Lipinski definition) is 3. The quantitative estimate of drug-likeness (QED) is 0.909. The van der Waals surface area contributed by atoms with Crippen molar-refractivity contribution in [2.75, 3.05) is 19.0 Å². The van der Waals surface area contributed by atoms with E-state index in [0.29, 0.717) is 24.5 Å². The molecule has 1 atom stereocenters. The summed E-state index contributed by atoms with van der Waals surface area (Å²) in [6.45, 7) is 0.730. The summed E-state index contributed by atoms with van der Waals surface area (Å²) in [6.07, 6.45) is 0.178. The van der Waals surface area contributed by atoms with Gasteiger partial charge in [-0.05, 0) is 29.8 Å². The third kappa shape index (κ3) is 4.15. The summed E-state index contributed by atoms with van der Waals surface area (Å²) in [6, 6.07) is 13.1. The Kier molecular flexibility index (Phi) is 4.97. The summed E-state index contributed by atoms with van der Waals surface area (Å²) in [5, 5.41) is 2.82. The van der Waals surface area contributed by atoms with E-state index in [-0.39, 0.29) is 24.1 Å². The Morgan fingerprint density at radius 1 is 1.28 bits per heavy atom. The van der Waals surface area contributed by atoms with Gasteiger partial charge in [-0.25, -0.2) is 4.39 Å². The highest BCUT2D eigenvalue weighted by Gasteiger charge is 2.34. The summed E-state index contributed by atoms with van der Waals surface area (Å²) in [4.78, 5) is 26.2. The number of hydrogen-bond donors (Lipinski definition) is 1. The molecule has 5 nitrogen and oxygen atoms in total. The molecule has 0 saturated carbocycles. The van der Waals surface area contributed by atoms with Crippen LogP contribution in [0, 0.1) is 11.7 Å². The molecule has 3 rings (SSSR count). The average molecular weight is 342 g/mol. The minimum atomic E-state index is -0.404. The van der Waals surface area contributed by atoms with Crippen LogP contribution in [0.2, 0.25) is 0 Å². The lowest BCUT2D eigenvalue weighted by Crippen LogP contribution is -2.28. The van der Waals surface area contributed by atoms with Gasteiger partial charge in [0, 0.05) is 31.3 Å². The van der Waals surface area contributed by atoms with Crippen molar-refractivity contribution >= 4 is 17.5 Å². The zero-order valence-corrected chi connectivity index (χ0v) is 13.9. The molecule has 0 aromatic heterocycles. The number of carbonyl (C=O) groups is 2. The van der Waals surface area contributed by atoms with Crippen LogP contribution in [0.25, 0.3) is 0 Å². The van der Waals surface area contributed by atoms with E-state index >= 15 is 0 Å². The third-order valence-electron chi connectivity index (χ3n) is 4.21. The molecule has 1 fully saturated rings. The molecule has 1 saturated heterocycles. The largest absolute Gasteiger partial charge is 0.497 e. The van der Waals surface area contributed by atoms with Crippen molar-refractivity contribution in [3.8, 4) is 5.75 Å². The molecule has 0 radical (unpaired) electrons. The van der Waals surface area contributed by atoms with E-state index in [2.05, 4.69) is 5.32 Å². The number of amides is 2. The Morgan fingerprint density at radius 2 is 2.04 bits per heavy atom. The van der Waals surface area contributed by atoms with E-state index in [0.717, 1.165) is 5.56 Å². The molecule has 0 aliphatic carbocycles. The molecule has 1 N–H and O–H groups in total. The first kappa shape index (κ1) is 17.0. The predicted octanol–water partition coefficient (Wildman–Crippen LogP) is 2.82. The molecule has 2 amide bonds. The lowest BCUT2D eigenvalue weighted by Gasteiger charge is -2.17. The number of carbonyl (C=O) groups excluding carboxylic acids is 2. The Morgan fingerprint density at radius 3 is 2.76 bits per heavy atom. The van der Waals surface area contributed by atoms with Gasteiger partial charge in [-0.3, -0.25) is 9.59 Å². The van der Waals surface area contributed by atoms with Gasteiger partial charge >= 0.3 is 0 Å². The molecule has 2 aromatic rings. The van der Waals surface area contributed by atoms with Crippen molar-refractivity contribution in [2.45, 2.75) is 13.0 Å². The number of ether oxygens (including phenoxy) is 1. The molecule has 2 aromatic carbocycles. The van der Waals surface area contributed by atoms with E-state index in [1.165, 1.54) is 12.1 Å². The zero-order chi connectivity index (χ0) is 17.8.